The number of thiazole rings is 1. The molecule has 6 rings (SSSR count). The van der Waals surface area contributed by atoms with Crippen LogP contribution in [0, 0.1) is 11.8 Å². The first-order valence-electron chi connectivity index (χ1n) is 14.4. The van der Waals surface area contributed by atoms with Crippen molar-refractivity contribution < 1.29 is 14.3 Å². The first kappa shape index (κ1) is 26.7. The van der Waals surface area contributed by atoms with Gasteiger partial charge in [-0.3, -0.25) is 9.59 Å². The third-order valence-corrected chi connectivity index (χ3v) is 9.38. The van der Waals surface area contributed by atoms with Gasteiger partial charge in [0.25, 0.3) is 0 Å². The van der Waals surface area contributed by atoms with Crippen LogP contribution in [0.25, 0.3) is 21.0 Å². The first-order valence-corrected chi connectivity index (χ1v) is 15.2. The molecule has 3 aromatic carbocycles. The molecular weight excluding hydrogens is 520 g/mol. The second-order valence-corrected chi connectivity index (χ2v) is 12.1. The van der Waals surface area contributed by atoms with Crippen LogP contribution in [0.15, 0.2) is 54.6 Å². The van der Waals surface area contributed by atoms with Gasteiger partial charge in [-0.25, -0.2) is 4.98 Å². The smallest absolute Gasteiger partial charge is 0.229 e. The molecule has 2 amide bonds. The zero-order chi connectivity index (χ0) is 27.5. The van der Waals surface area contributed by atoms with Gasteiger partial charge in [0.2, 0.25) is 11.8 Å². The normalized spacial score (nSPS) is 19.6. The Balaban J connectivity index is 1.07. The average Bonchev–Trinajstić information content (AvgIpc) is 3.66. The minimum absolute atomic E-state index is 0.0425. The fourth-order valence-corrected chi connectivity index (χ4v) is 7.15. The number of hydrogen-bond donors (Lipinski definition) is 3. The van der Waals surface area contributed by atoms with E-state index in [4.69, 9.17) is 4.74 Å². The summed E-state index contributed by atoms with van der Waals surface area (Å²) in [6.07, 6.45) is 7.93. The number of ether oxygens (including phenoxy) is 1. The highest BCUT2D eigenvalue weighted by atomic mass is 32.1. The summed E-state index contributed by atoms with van der Waals surface area (Å²) in [4.78, 5) is 30.4. The molecule has 0 spiro atoms. The summed E-state index contributed by atoms with van der Waals surface area (Å²) in [6.45, 7) is 0.700. The molecule has 2 atom stereocenters. The van der Waals surface area contributed by atoms with Gasteiger partial charge < -0.3 is 20.7 Å². The number of aromatic nitrogens is 1. The Morgan fingerprint density at radius 1 is 0.925 bits per heavy atom. The molecule has 0 saturated heterocycles. The molecule has 1 heterocycles. The maximum Gasteiger partial charge on any atom is 0.229 e. The molecule has 1 aromatic heterocycles. The van der Waals surface area contributed by atoms with Crippen LogP contribution in [-0.4, -0.2) is 29.9 Å². The molecule has 40 heavy (non-hydrogen) atoms. The topological polar surface area (TPSA) is 92.3 Å². The molecule has 208 valence electrons. The molecule has 0 aliphatic heterocycles. The molecule has 4 aromatic rings. The quantitative estimate of drug-likeness (QED) is 0.220. The van der Waals surface area contributed by atoms with Gasteiger partial charge in [0.1, 0.15) is 5.75 Å². The average molecular weight is 557 g/mol. The highest BCUT2D eigenvalue weighted by Crippen LogP contribution is 2.33. The van der Waals surface area contributed by atoms with Crippen LogP contribution < -0.4 is 20.7 Å². The lowest BCUT2D eigenvalue weighted by molar-refractivity contribution is -0.121. The van der Waals surface area contributed by atoms with Gasteiger partial charge in [-0.05, 0) is 67.1 Å². The maximum absolute atomic E-state index is 13.3. The van der Waals surface area contributed by atoms with Gasteiger partial charge in [-0.2, -0.15) is 0 Å². The van der Waals surface area contributed by atoms with Crippen molar-refractivity contribution in [1.29, 1.82) is 0 Å². The molecule has 2 aliphatic carbocycles. The van der Waals surface area contributed by atoms with Gasteiger partial charge in [0, 0.05) is 35.7 Å². The lowest BCUT2D eigenvalue weighted by Crippen LogP contribution is -2.37. The number of rotatable bonds is 8. The highest BCUT2D eigenvalue weighted by molar-refractivity contribution is 7.22. The van der Waals surface area contributed by atoms with Crippen molar-refractivity contribution in [2.45, 2.75) is 64.0 Å². The van der Waals surface area contributed by atoms with Crippen molar-refractivity contribution in [3.05, 3.63) is 60.2 Å². The van der Waals surface area contributed by atoms with E-state index in [0.717, 1.165) is 78.6 Å². The van der Waals surface area contributed by atoms with Crippen molar-refractivity contribution in [3.8, 4) is 5.75 Å². The van der Waals surface area contributed by atoms with Gasteiger partial charge in [0.15, 0.2) is 5.13 Å². The Bertz CT molecular complexity index is 1530. The van der Waals surface area contributed by atoms with E-state index in [-0.39, 0.29) is 29.7 Å². The zero-order valence-corrected chi connectivity index (χ0v) is 23.7. The van der Waals surface area contributed by atoms with E-state index in [2.05, 4.69) is 51.3 Å². The summed E-state index contributed by atoms with van der Waals surface area (Å²) in [7, 11) is 1.71. The number of anilines is 2. The molecule has 2 aliphatic rings. The lowest BCUT2D eigenvalue weighted by atomic mass is 9.85. The van der Waals surface area contributed by atoms with E-state index < -0.39 is 0 Å². The Morgan fingerprint density at radius 3 is 2.58 bits per heavy atom. The largest absolute Gasteiger partial charge is 0.496 e. The van der Waals surface area contributed by atoms with Crippen LogP contribution in [0.1, 0.15) is 56.9 Å². The van der Waals surface area contributed by atoms with Crippen LogP contribution in [0.4, 0.5) is 10.8 Å². The Kier molecular flexibility index (Phi) is 7.98. The SMILES string of the molecule is COc1ccc2ccccc2c1CNC1CCCC(C(=O)Nc2ccc3nc(NC(=O)C4CCCC4)sc3c2)C1. The van der Waals surface area contributed by atoms with Gasteiger partial charge in [-0.1, -0.05) is 60.9 Å². The van der Waals surface area contributed by atoms with Crippen LogP contribution in [-0.2, 0) is 16.1 Å². The van der Waals surface area contributed by atoms with Crippen LogP contribution in [0.2, 0.25) is 0 Å². The molecule has 0 radical (unpaired) electrons. The molecule has 2 unspecified atom stereocenters. The number of carbonyl (C=O) groups excluding carboxylic acids is 2. The summed E-state index contributed by atoms with van der Waals surface area (Å²) in [6, 6.07) is 18.5. The second-order valence-electron chi connectivity index (χ2n) is 11.1. The molecule has 7 nitrogen and oxygen atoms in total. The van der Waals surface area contributed by atoms with Crippen LogP contribution >= 0.6 is 11.3 Å². The van der Waals surface area contributed by atoms with E-state index in [1.165, 1.54) is 22.1 Å². The zero-order valence-electron chi connectivity index (χ0n) is 22.9. The monoisotopic (exact) mass is 556 g/mol. The van der Waals surface area contributed by atoms with Crippen LogP contribution in [0.3, 0.4) is 0 Å². The second kappa shape index (κ2) is 11.9. The van der Waals surface area contributed by atoms with Crippen molar-refractivity contribution in [3.63, 3.8) is 0 Å². The number of carbonyl (C=O) groups is 2. The number of hydrogen-bond acceptors (Lipinski definition) is 6. The number of amides is 2. The summed E-state index contributed by atoms with van der Waals surface area (Å²) in [5.74, 6) is 1.08. The number of nitrogens with one attached hydrogen (secondary N) is 3. The van der Waals surface area contributed by atoms with E-state index >= 15 is 0 Å². The summed E-state index contributed by atoms with van der Waals surface area (Å²) >= 11 is 1.46. The van der Waals surface area contributed by atoms with E-state index in [1.54, 1.807) is 7.11 Å². The third-order valence-electron chi connectivity index (χ3n) is 8.44. The third kappa shape index (κ3) is 5.83. The standard InChI is InChI=1S/C32H36N4O3S/c1-39-28-16-13-20-7-4-5-12-25(20)26(28)19-33-23-11-6-10-22(17-23)31(38)34-24-14-15-27-29(18-24)40-32(35-27)36-30(37)21-8-2-3-9-21/h4-5,7,12-16,18,21-23,33H,2-3,6,8-11,17,19H2,1H3,(H,34,38)(H,35,36,37). The number of nitrogens with zero attached hydrogens (tertiary/aromatic N) is 1. The minimum atomic E-state index is -0.0425. The van der Waals surface area contributed by atoms with Gasteiger partial charge in [0.05, 0.1) is 17.3 Å². The van der Waals surface area contributed by atoms with E-state index in [0.29, 0.717) is 11.7 Å². The number of fused-ring (bicyclic) bond motifs is 2. The summed E-state index contributed by atoms with van der Waals surface area (Å²) in [5.41, 5.74) is 2.75. The lowest BCUT2D eigenvalue weighted by Gasteiger charge is -2.29. The van der Waals surface area contributed by atoms with Crippen molar-refractivity contribution >= 4 is 55.0 Å². The summed E-state index contributed by atoms with van der Waals surface area (Å²) in [5, 5.41) is 12.9. The first-order chi connectivity index (χ1) is 19.6. The molecular formula is C32H36N4O3S. The van der Waals surface area contributed by atoms with Crippen LogP contribution in [0.5, 0.6) is 5.75 Å². The van der Waals surface area contributed by atoms with Crippen molar-refractivity contribution in [1.82, 2.24) is 10.3 Å². The van der Waals surface area contributed by atoms with Crippen molar-refractivity contribution in [2.75, 3.05) is 17.7 Å². The van der Waals surface area contributed by atoms with Gasteiger partial charge >= 0.3 is 0 Å². The maximum atomic E-state index is 13.3. The fourth-order valence-electron chi connectivity index (χ4n) is 6.24. The number of methoxy groups -OCH3 is 1. The Hall–Kier alpha value is -3.49. The van der Waals surface area contributed by atoms with Gasteiger partial charge in [-0.15, -0.1) is 0 Å². The molecule has 3 N–H and O–H groups in total. The van der Waals surface area contributed by atoms with Crippen molar-refractivity contribution in [2.24, 2.45) is 11.8 Å². The fraction of sp³-hybridized carbons (Fsp3) is 0.406. The van der Waals surface area contributed by atoms with E-state index in [9.17, 15) is 9.59 Å². The predicted molar refractivity (Wildman–Crippen MR) is 162 cm³/mol. The highest BCUT2D eigenvalue weighted by Gasteiger charge is 2.28. The molecule has 8 heteroatoms. The number of benzene rings is 3. The minimum Gasteiger partial charge on any atom is -0.496 e. The van der Waals surface area contributed by atoms with E-state index in [1.807, 2.05) is 24.3 Å². The summed E-state index contributed by atoms with van der Waals surface area (Å²) < 4.78 is 6.62. The molecule has 0 bridgehead atoms. The predicted octanol–water partition coefficient (Wildman–Crippen LogP) is 6.87. The Morgan fingerprint density at radius 2 is 1.73 bits per heavy atom. The molecule has 2 fully saturated rings. The molecule has 2 saturated carbocycles. The Labute approximate surface area is 238 Å².